The van der Waals surface area contributed by atoms with Crippen molar-refractivity contribution in [1.29, 1.82) is 0 Å². The monoisotopic (exact) mass is 745 g/mol. The second kappa shape index (κ2) is 29.6. The Morgan fingerprint density at radius 1 is 0.694 bits per heavy atom. The van der Waals surface area contributed by atoms with E-state index in [0.717, 1.165) is 0 Å². The standard InChI is InChI=1S/C28H49Cl2N7O12/c29-15-23(40)32-5-8-37(26(43)16-30)9-6-34-28(46)21(2-4-27(44)45)36-25(42)19-49-14-13-47-11-7-33-22(39)3-1-20(17-31)35-24(41)18-48-12-10-38/h20-21,38H,1-19,31H2,(H,32,40)(H,33,39)(H,34,46)(H,35,41)(H,36,42)(H,44,45)/t20-,21-/m0/s1. The number of nitrogens with zero attached hydrogens (tertiary/aromatic N) is 1. The Bertz CT molecular complexity index is 1030. The molecule has 0 unspecified atom stereocenters. The largest absolute Gasteiger partial charge is 0.481 e. The van der Waals surface area contributed by atoms with Crippen LogP contribution in [0.1, 0.15) is 25.7 Å². The average Bonchev–Trinajstić information content (AvgIpc) is 3.08. The van der Waals surface area contributed by atoms with Crippen molar-refractivity contribution in [3.8, 4) is 0 Å². The van der Waals surface area contributed by atoms with Gasteiger partial charge in [0.05, 0.1) is 33.0 Å². The summed E-state index contributed by atoms with van der Waals surface area (Å²) in [6.45, 7) is 0.0271. The SMILES string of the molecule is NC[C@H](CCC(=O)NCCOCCOCC(=O)N[C@@H](CCC(=O)O)C(=O)NCCN(CCNC(=O)CCl)C(=O)CCl)NC(=O)COCCO. The van der Waals surface area contributed by atoms with Gasteiger partial charge in [-0.05, 0) is 12.8 Å². The number of aliphatic hydroxyl groups is 1. The van der Waals surface area contributed by atoms with Gasteiger partial charge in [0.2, 0.25) is 35.4 Å². The van der Waals surface area contributed by atoms with Crippen LogP contribution >= 0.6 is 23.2 Å². The molecule has 0 aliphatic carbocycles. The van der Waals surface area contributed by atoms with Crippen LogP contribution in [0.5, 0.6) is 0 Å². The number of aliphatic hydroxyl groups excluding tert-OH is 1. The molecule has 21 heteroatoms. The Kier molecular flexibility index (Phi) is 27.6. The Morgan fingerprint density at radius 3 is 1.92 bits per heavy atom. The molecule has 0 aliphatic heterocycles. The number of carboxylic acid groups (broad SMARTS) is 1. The summed E-state index contributed by atoms with van der Waals surface area (Å²) < 4.78 is 15.5. The molecule has 2 atom stereocenters. The van der Waals surface area contributed by atoms with Gasteiger partial charge >= 0.3 is 5.97 Å². The number of carbonyl (C=O) groups excluding carboxylic acids is 6. The van der Waals surface area contributed by atoms with Gasteiger partial charge in [0.1, 0.15) is 31.0 Å². The fourth-order valence-corrected chi connectivity index (χ4v) is 4.09. The van der Waals surface area contributed by atoms with Crippen molar-refractivity contribution in [2.45, 2.75) is 37.8 Å². The highest BCUT2D eigenvalue weighted by Gasteiger charge is 2.22. The van der Waals surface area contributed by atoms with Crippen molar-refractivity contribution >= 4 is 64.6 Å². The molecular formula is C28H49Cl2N7O12. The molecule has 6 amide bonds. The van der Waals surface area contributed by atoms with E-state index in [1.807, 2.05) is 0 Å². The Labute approximate surface area is 294 Å². The third kappa shape index (κ3) is 25.3. The number of ether oxygens (including phenoxy) is 3. The maximum absolute atomic E-state index is 12.7. The third-order valence-corrected chi connectivity index (χ3v) is 6.76. The average molecular weight is 747 g/mol. The quantitative estimate of drug-likeness (QED) is 0.0260. The number of alkyl halides is 2. The van der Waals surface area contributed by atoms with E-state index in [9.17, 15) is 33.6 Å². The summed E-state index contributed by atoms with van der Waals surface area (Å²) in [5.41, 5.74) is 5.63. The third-order valence-electron chi connectivity index (χ3n) is 6.28. The number of carbonyl (C=O) groups is 7. The lowest BCUT2D eigenvalue weighted by Crippen LogP contribution is -2.50. The molecule has 282 valence electrons. The maximum Gasteiger partial charge on any atom is 0.303 e. The maximum atomic E-state index is 12.7. The fourth-order valence-electron chi connectivity index (χ4n) is 3.82. The Morgan fingerprint density at radius 2 is 1.31 bits per heavy atom. The predicted octanol–water partition coefficient (Wildman–Crippen LogP) is -3.74. The van der Waals surface area contributed by atoms with E-state index in [0.29, 0.717) is 6.42 Å². The number of amides is 6. The van der Waals surface area contributed by atoms with Crippen molar-refractivity contribution < 1.29 is 58.0 Å². The summed E-state index contributed by atoms with van der Waals surface area (Å²) in [6.07, 6.45) is -0.160. The number of halogens is 2. The number of nitrogens with one attached hydrogen (secondary N) is 5. The van der Waals surface area contributed by atoms with E-state index in [4.69, 9.17) is 53.4 Å². The summed E-state index contributed by atoms with van der Waals surface area (Å²) in [7, 11) is 0. The minimum atomic E-state index is -1.19. The number of nitrogens with two attached hydrogens (primary N) is 1. The first-order valence-electron chi connectivity index (χ1n) is 15.5. The second-order valence-corrected chi connectivity index (χ2v) is 10.7. The zero-order valence-electron chi connectivity index (χ0n) is 27.3. The van der Waals surface area contributed by atoms with Crippen LogP contribution in [-0.4, -0.2) is 166 Å². The highest BCUT2D eigenvalue weighted by molar-refractivity contribution is 6.27. The van der Waals surface area contributed by atoms with Gasteiger partial charge in [0.25, 0.3) is 0 Å². The summed E-state index contributed by atoms with van der Waals surface area (Å²) in [6, 6.07) is -1.60. The van der Waals surface area contributed by atoms with Crippen molar-refractivity contribution in [3.05, 3.63) is 0 Å². The molecule has 0 spiro atoms. The molecule has 9 N–H and O–H groups in total. The number of hydrogen-bond acceptors (Lipinski definition) is 12. The molecule has 0 radical (unpaired) electrons. The van der Waals surface area contributed by atoms with Crippen LogP contribution in [0.3, 0.4) is 0 Å². The van der Waals surface area contributed by atoms with Crippen molar-refractivity contribution in [1.82, 2.24) is 31.5 Å². The van der Waals surface area contributed by atoms with Gasteiger partial charge in [-0.15, -0.1) is 23.2 Å². The lowest BCUT2D eigenvalue weighted by Gasteiger charge is -2.23. The summed E-state index contributed by atoms with van der Waals surface area (Å²) in [5.74, 6) is -4.58. The summed E-state index contributed by atoms with van der Waals surface area (Å²) in [5, 5.41) is 30.5. The van der Waals surface area contributed by atoms with Gasteiger partial charge in [-0.3, -0.25) is 33.6 Å². The van der Waals surface area contributed by atoms with E-state index in [1.54, 1.807) is 0 Å². The second-order valence-electron chi connectivity index (χ2n) is 10.2. The summed E-state index contributed by atoms with van der Waals surface area (Å²) in [4.78, 5) is 84.6. The number of hydrogen-bond donors (Lipinski definition) is 8. The molecule has 0 rings (SSSR count). The zero-order chi connectivity index (χ0) is 36.9. The van der Waals surface area contributed by atoms with Gasteiger partial charge in [0, 0.05) is 58.2 Å². The lowest BCUT2D eigenvalue weighted by atomic mass is 10.1. The van der Waals surface area contributed by atoms with Crippen molar-refractivity contribution in [2.24, 2.45) is 5.73 Å². The smallest absolute Gasteiger partial charge is 0.303 e. The lowest BCUT2D eigenvalue weighted by molar-refractivity contribution is -0.138. The van der Waals surface area contributed by atoms with Gasteiger partial charge in [-0.1, -0.05) is 0 Å². The molecule has 19 nitrogen and oxygen atoms in total. The first-order chi connectivity index (χ1) is 23.5. The van der Waals surface area contributed by atoms with Gasteiger partial charge in [0.15, 0.2) is 0 Å². The van der Waals surface area contributed by atoms with Crippen LogP contribution in [0.15, 0.2) is 0 Å². The van der Waals surface area contributed by atoms with Crippen LogP contribution in [-0.2, 0) is 47.8 Å². The molecule has 0 aliphatic rings. The Hall–Kier alpha value is -3.33. The number of rotatable bonds is 30. The van der Waals surface area contributed by atoms with Crippen LogP contribution in [0.25, 0.3) is 0 Å². The highest BCUT2D eigenvalue weighted by Crippen LogP contribution is 2.00. The molecule has 49 heavy (non-hydrogen) atoms. The van der Waals surface area contributed by atoms with Crippen LogP contribution in [0.4, 0.5) is 0 Å². The van der Waals surface area contributed by atoms with E-state index in [1.165, 1.54) is 4.90 Å². The molecule has 0 aromatic carbocycles. The molecule has 0 saturated carbocycles. The molecule has 0 aromatic heterocycles. The minimum Gasteiger partial charge on any atom is -0.481 e. The first-order valence-corrected chi connectivity index (χ1v) is 16.6. The molecule has 0 fully saturated rings. The van der Waals surface area contributed by atoms with Gasteiger partial charge < -0.3 is 61.6 Å². The van der Waals surface area contributed by atoms with E-state index in [2.05, 4.69) is 26.6 Å². The zero-order valence-corrected chi connectivity index (χ0v) is 28.9. The fraction of sp³-hybridized carbons (Fsp3) is 0.750. The van der Waals surface area contributed by atoms with E-state index in [-0.39, 0.29) is 109 Å². The van der Waals surface area contributed by atoms with Crippen molar-refractivity contribution in [2.75, 3.05) is 97.3 Å². The highest BCUT2D eigenvalue weighted by atomic mass is 35.5. The number of aliphatic carboxylic acids is 1. The van der Waals surface area contributed by atoms with E-state index < -0.39 is 60.6 Å². The van der Waals surface area contributed by atoms with E-state index >= 15 is 0 Å². The molecule has 0 aromatic rings. The Balaban J connectivity index is 4.38. The predicted molar refractivity (Wildman–Crippen MR) is 176 cm³/mol. The molecule has 0 saturated heterocycles. The van der Waals surface area contributed by atoms with Gasteiger partial charge in [-0.2, -0.15) is 0 Å². The first kappa shape index (κ1) is 45.7. The molecular weight excluding hydrogens is 697 g/mol. The minimum absolute atomic E-state index is 0.0169. The molecule has 0 bridgehead atoms. The van der Waals surface area contributed by atoms with Crippen LogP contribution in [0, 0.1) is 0 Å². The van der Waals surface area contributed by atoms with Crippen LogP contribution in [0.2, 0.25) is 0 Å². The topological polar surface area (TPSA) is 277 Å². The van der Waals surface area contributed by atoms with Crippen molar-refractivity contribution in [3.63, 3.8) is 0 Å². The van der Waals surface area contributed by atoms with Crippen LogP contribution < -0.4 is 32.3 Å². The van der Waals surface area contributed by atoms with Gasteiger partial charge in [-0.25, -0.2) is 0 Å². The molecule has 0 heterocycles. The summed E-state index contributed by atoms with van der Waals surface area (Å²) >= 11 is 11.1. The number of carboxylic acids is 1. The normalized spacial score (nSPS) is 11.9.